The lowest BCUT2D eigenvalue weighted by Crippen LogP contribution is -2.66. The van der Waals surface area contributed by atoms with Gasteiger partial charge in [-0.15, -0.1) is 0 Å². The zero-order chi connectivity index (χ0) is 56.2. The third-order valence-corrected chi connectivity index (χ3v) is 15.6. The molecular formula is C58H109NO18. The monoisotopic (exact) mass is 1110 g/mol. The van der Waals surface area contributed by atoms with Crippen LogP contribution in [0.4, 0.5) is 0 Å². The van der Waals surface area contributed by atoms with Gasteiger partial charge in [-0.1, -0.05) is 206 Å². The van der Waals surface area contributed by atoms with E-state index in [0.29, 0.717) is 6.42 Å². The number of allylic oxidation sites excluding steroid dienone is 1. The Morgan fingerprint density at radius 1 is 0.455 bits per heavy atom. The molecule has 454 valence electrons. The molecule has 0 bridgehead atoms. The fourth-order valence-electron chi connectivity index (χ4n) is 10.5. The van der Waals surface area contributed by atoms with Crippen molar-refractivity contribution in [2.75, 3.05) is 26.4 Å². The predicted octanol–water partition coefficient (Wildman–Crippen LogP) is 5.38. The fourth-order valence-corrected chi connectivity index (χ4v) is 10.5. The van der Waals surface area contributed by atoms with Gasteiger partial charge in [0.1, 0.15) is 73.2 Å². The number of carbonyl (C=O) groups excluding carboxylic acids is 1. The number of hydrogen-bond donors (Lipinski definition) is 12. The van der Waals surface area contributed by atoms with Gasteiger partial charge in [0, 0.05) is 6.42 Å². The zero-order valence-electron chi connectivity index (χ0n) is 47.2. The van der Waals surface area contributed by atoms with E-state index in [1.165, 1.54) is 148 Å². The van der Waals surface area contributed by atoms with Crippen LogP contribution in [-0.4, -0.2) is 193 Å². The highest BCUT2D eigenvalue weighted by Crippen LogP contribution is 2.33. The summed E-state index contributed by atoms with van der Waals surface area (Å²) in [7, 11) is 0. The minimum Gasteiger partial charge on any atom is -0.394 e. The van der Waals surface area contributed by atoms with Crippen LogP contribution in [0.2, 0.25) is 0 Å². The van der Waals surface area contributed by atoms with Crippen LogP contribution in [0, 0.1) is 0 Å². The third kappa shape index (κ3) is 26.5. The number of rotatable bonds is 45. The summed E-state index contributed by atoms with van der Waals surface area (Å²) < 4.78 is 34.2. The molecule has 17 unspecified atom stereocenters. The highest BCUT2D eigenvalue weighted by atomic mass is 16.8. The first kappa shape index (κ1) is 69.8. The van der Waals surface area contributed by atoms with Gasteiger partial charge < -0.3 is 89.9 Å². The Morgan fingerprint density at radius 2 is 0.805 bits per heavy atom. The average Bonchev–Trinajstić information content (AvgIpc) is 3.42. The van der Waals surface area contributed by atoms with Crippen LogP contribution >= 0.6 is 0 Å². The lowest BCUT2D eigenvalue weighted by molar-refractivity contribution is -0.379. The largest absolute Gasteiger partial charge is 0.394 e. The number of aliphatic hydroxyl groups excluding tert-OH is 11. The SMILES string of the molecule is CCCCCCCCCCCCCCCCCCCCCCC/C=C/C(O)C(COC1OC(CO)C(OC2OC(CO)C(OC3OC(CO)C(O)C(O)C3O)C(O)C2O)C(O)C1O)NC(=O)CCCCCCCCCCC. The van der Waals surface area contributed by atoms with Crippen molar-refractivity contribution in [3.8, 4) is 0 Å². The smallest absolute Gasteiger partial charge is 0.220 e. The summed E-state index contributed by atoms with van der Waals surface area (Å²) in [6.07, 6.45) is 15.1. The molecule has 17 atom stereocenters. The van der Waals surface area contributed by atoms with Crippen LogP contribution in [-0.2, 0) is 33.2 Å². The van der Waals surface area contributed by atoms with Gasteiger partial charge in [-0.2, -0.15) is 0 Å². The molecule has 3 rings (SSSR count). The van der Waals surface area contributed by atoms with Gasteiger partial charge in [-0.25, -0.2) is 0 Å². The number of aliphatic hydroxyl groups is 11. The standard InChI is InChI=1S/C58H109NO18/c1-3-5-7-9-11-13-14-15-16-17-18-19-20-21-22-23-24-25-26-28-29-31-33-35-42(63)41(59-46(64)36-34-32-30-27-12-10-8-6-4-2)40-72-56-52(70)49(67)54(44(38-61)74-56)77-58-53(71)50(68)55(45(39-62)75-58)76-57-51(69)48(66)47(65)43(37-60)73-57/h33,35,41-45,47-58,60-63,65-71H,3-32,34,36-40H2,1-2H3,(H,59,64)/b35-33+. The molecule has 0 aromatic heterocycles. The van der Waals surface area contributed by atoms with Crippen molar-refractivity contribution in [3.63, 3.8) is 0 Å². The van der Waals surface area contributed by atoms with Crippen molar-refractivity contribution in [3.05, 3.63) is 12.2 Å². The summed E-state index contributed by atoms with van der Waals surface area (Å²) in [5.74, 6) is -0.277. The normalized spacial score (nSPS) is 30.7. The highest BCUT2D eigenvalue weighted by Gasteiger charge is 2.53. The number of ether oxygens (including phenoxy) is 6. The van der Waals surface area contributed by atoms with E-state index in [9.17, 15) is 61.0 Å². The van der Waals surface area contributed by atoms with Crippen LogP contribution in [0.25, 0.3) is 0 Å². The molecule has 1 amide bonds. The molecule has 77 heavy (non-hydrogen) atoms. The molecule has 3 aliphatic heterocycles. The van der Waals surface area contributed by atoms with E-state index in [1.54, 1.807) is 6.08 Å². The third-order valence-electron chi connectivity index (χ3n) is 15.6. The maximum absolute atomic E-state index is 13.2. The summed E-state index contributed by atoms with van der Waals surface area (Å²) in [6, 6.07) is -0.965. The first-order valence-electron chi connectivity index (χ1n) is 30.4. The molecule has 3 fully saturated rings. The highest BCUT2D eigenvalue weighted by molar-refractivity contribution is 5.76. The topological polar surface area (TPSA) is 307 Å². The summed E-state index contributed by atoms with van der Waals surface area (Å²) >= 11 is 0. The number of nitrogens with one attached hydrogen (secondary N) is 1. The zero-order valence-corrected chi connectivity index (χ0v) is 47.2. The van der Waals surface area contributed by atoms with Gasteiger partial charge in [0.2, 0.25) is 5.91 Å². The van der Waals surface area contributed by atoms with E-state index in [1.807, 2.05) is 6.08 Å². The molecule has 19 nitrogen and oxygen atoms in total. The van der Waals surface area contributed by atoms with Crippen LogP contribution in [0.15, 0.2) is 12.2 Å². The molecule has 12 N–H and O–H groups in total. The lowest BCUT2D eigenvalue weighted by atomic mass is 9.96. The first-order valence-corrected chi connectivity index (χ1v) is 30.4. The van der Waals surface area contributed by atoms with E-state index < -0.39 is 124 Å². The fraction of sp³-hybridized carbons (Fsp3) is 0.948. The van der Waals surface area contributed by atoms with Crippen LogP contribution in [0.5, 0.6) is 0 Å². The average molecular weight is 1110 g/mol. The van der Waals surface area contributed by atoms with E-state index in [0.717, 1.165) is 44.9 Å². The van der Waals surface area contributed by atoms with Gasteiger partial charge in [0.15, 0.2) is 18.9 Å². The van der Waals surface area contributed by atoms with Crippen molar-refractivity contribution < 1.29 is 89.4 Å². The number of unbranched alkanes of at least 4 members (excludes halogenated alkanes) is 29. The van der Waals surface area contributed by atoms with E-state index in [2.05, 4.69) is 19.2 Å². The Hall–Kier alpha value is -1.47. The Balaban J connectivity index is 1.46. The summed E-state index contributed by atoms with van der Waals surface area (Å²) in [6.45, 7) is 1.70. The summed E-state index contributed by atoms with van der Waals surface area (Å²) in [5, 5.41) is 120. The minimum absolute atomic E-state index is 0.247. The van der Waals surface area contributed by atoms with Gasteiger partial charge in [-0.05, 0) is 19.3 Å². The van der Waals surface area contributed by atoms with Crippen molar-refractivity contribution in [1.82, 2.24) is 5.32 Å². The van der Waals surface area contributed by atoms with Crippen molar-refractivity contribution >= 4 is 5.91 Å². The first-order chi connectivity index (χ1) is 37.3. The molecular weight excluding hydrogens is 999 g/mol. The molecule has 19 heteroatoms. The minimum atomic E-state index is -1.97. The quantitative estimate of drug-likeness (QED) is 0.0269. The maximum Gasteiger partial charge on any atom is 0.220 e. The molecule has 0 saturated carbocycles. The predicted molar refractivity (Wildman–Crippen MR) is 291 cm³/mol. The second-order valence-corrected chi connectivity index (χ2v) is 22.2. The van der Waals surface area contributed by atoms with Gasteiger partial charge in [0.25, 0.3) is 0 Å². The Morgan fingerprint density at radius 3 is 1.22 bits per heavy atom. The summed E-state index contributed by atoms with van der Waals surface area (Å²) in [5.41, 5.74) is 0. The molecule has 0 radical (unpaired) electrons. The molecule has 0 aliphatic carbocycles. The second kappa shape index (κ2) is 42.4. The maximum atomic E-state index is 13.2. The Kier molecular flexibility index (Phi) is 38.4. The molecule has 0 aromatic carbocycles. The molecule has 0 aromatic rings. The van der Waals surface area contributed by atoms with Gasteiger partial charge in [0.05, 0.1) is 38.6 Å². The Labute approximate surface area is 461 Å². The molecule has 3 saturated heterocycles. The van der Waals surface area contributed by atoms with Crippen molar-refractivity contribution in [2.45, 2.75) is 324 Å². The van der Waals surface area contributed by atoms with Crippen LogP contribution < -0.4 is 5.32 Å². The molecule has 0 spiro atoms. The Bertz CT molecular complexity index is 1460. The van der Waals surface area contributed by atoms with Crippen molar-refractivity contribution in [2.24, 2.45) is 0 Å². The number of amides is 1. The lowest BCUT2D eigenvalue weighted by Gasteiger charge is -2.48. The van der Waals surface area contributed by atoms with E-state index >= 15 is 0 Å². The number of hydrogen-bond acceptors (Lipinski definition) is 18. The van der Waals surface area contributed by atoms with Gasteiger partial charge in [-0.3, -0.25) is 4.79 Å². The van der Waals surface area contributed by atoms with Gasteiger partial charge >= 0.3 is 0 Å². The van der Waals surface area contributed by atoms with Crippen LogP contribution in [0.3, 0.4) is 0 Å². The molecule has 3 heterocycles. The van der Waals surface area contributed by atoms with Crippen LogP contribution in [0.1, 0.15) is 219 Å². The number of carbonyl (C=O) groups is 1. The molecule has 3 aliphatic rings. The summed E-state index contributed by atoms with van der Waals surface area (Å²) in [4.78, 5) is 13.2. The van der Waals surface area contributed by atoms with Crippen molar-refractivity contribution in [1.29, 1.82) is 0 Å². The second-order valence-electron chi connectivity index (χ2n) is 22.2. The van der Waals surface area contributed by atoms with E-state index in [4.69, 9.17) is 28.4 Å². The van der Waals surface area contributed by atoms with E-state index in [-0.39, 0.29) is 18.9 Å².